The van der Waals surface area contributed by atoms with Crippen molar-refractivity contribution in [2.45, 2.75) is 32.7 Å². The summed E-state index contributed by atoms with van der Waals surface area (Å²) in [4.78, 5) is 22.3. The first-order chi connectivity index (χ1) is 22.6. The Labute approximate surface area is 275 Å². The Bertz CT molecular complexity index is 1940. The van der Waals surface area contributed by atoms with E-state index in [0.29, 0.717) is 39.8 Å². The predicted molar refractivity (Wildman–Crippen MR) is 176 cm³/mol. The number of rotatable bonds is 9. The number of aliphatic carboxylic acids is 1. The lowest BCUT2D eigenvalue weighted by Crippen LogP contribution is -2.39. The zero-order valence-electron chi connectivity index (χ0n) is 26.6. The van der Waals surface area contributed by atoms with Crippen molar-refractivity contribution in [3.63, 3.8) is 0 Å². The maximum absolute atomic E-state index is 14.4. The second kappa shape index (κ2) is 14.5. The number of aryl methyl sites for hydroxylation is 1. The molecule has 8 nitrogen and oxygen atoms in total. The van der Waals surface area contributed by atoms with Crippen LogP contribution in [0.2, 0.25) is 0 Å². The molecule has 48 heavy (non-hydrogen) atoms. The number of amidine groups is 1. The zero-order valence-corrected chi connectivity index (χ0v) is 26.6. The van der Waals surface area contributed by atoms with Crippen LogP contribution in [0.25, 0.3) is 10.9 Å². The highest BCUT2D eigenvalue weighted by Gasteiger charge is 2.29. The molecule has 250 valence electrons. The first kappa shape index (κ1) is 35.4. The number of hydrogen-bond acceptors (Lipinski definition) is 4. The third kappa shape index (κ3) is 8.65. The molecule has 5 aromatic rings. The largest absolute Gasteiger partial charge is 0.542 e. The molecule has 5 rings (SSSR count). The molecule has 4 N–H and O–H groups in total. The number of fused-ring (bicyclic) bond motifs is 1. The van der Waals surface area contributed by atoms with E-state index in [4.69, 9.17) is 21.0 Å². The Morgan fingerprint density at radius 1 is 0.896 bits per heavy atom. The number of carboxylic acids is 1. The standard InChI is InChI=1S/C34H34FN5O.C2HF3O2/c1-23-29-19-32(39(31(29)17-16-30(23)35)21-26-10-7-11-27(18-26)33(36)37)34(41)38-20-24-12-14-28(15-13-24)40(2,3)22-25-8-5-4-6-9-25;3-2(4,5)1(6)7/h4-19H,20-22H2,1-3H3,(H3-,36,37,38,41);(H,6,7). The van der Waals surface area contributed by atoms with Crippen molar-refractivity contribution >= 4 is 34.3 Å². The number of amides is 1. The Morgan fingerprint density at radius 2 is 1.52 bits per heavy atom. The van der Waals surface area contributed by atoms with E-state index in [2.05, 4.69) is 55.8 Å². The van der Waals surface area contributed by atoms with Crippen LogP contribution in [0.5, 0.6) is 0 Å². The molecule has 1 aromatic heterocycles. The van der Waals surface area contributed by atoms with Gasteiger partial charge in [0.05, 0.1) is 14.1 Å². The molecule has 1 amide bonds. The average molecular weight is 662 g/mol. The van der Waals surface area contributed by atoms with Gasteiger partial charge in [-0.05, 0) is 60.0 Å². The molecule has 0 aliphatic heterocycles. The smallest absolute Gasteiger partial charge is 0.430 e. The van der Waals surface area contributed by atoms with Gasteiger partial charge in [0.25, 0.3) is 5.91 Å². The van der Waals surface area contributed by atoms with Gasteiger partial charge < -0.3 is 25.5 Å². The van der Waals surface area contributed by atoms with Crippen LogP contribution < -0.4 is 20.6 Å². The van der Waals surface area contributed by atoms with Gasteiger partial charge in [-0.3, -0.25) is 14.7 Å². The van der Waals surface area contributed by atoms with E-state index < -0.39 is 12.1 Å². The molecular formula is C36H35F4N5O3. The number of carbonyl (C=O) groups is 2. The van der Waals surface area contributed by atoms with Crippen LogP contribution in [-0.2, 0) is 24.4 Å². The maximum atomic E-state index is 14.4. The van der Waals surface area contributed by atoms with E-state index in [1.165, 1.54) is 17.3 Å². The highest BCUT2D eigenvalue weighted by atomic mass is 19.4. The van der Waals surface area contributed by atoms with Crippen molar-refractivity contribution in [3.8, 4) is 0 Å². The Hall–Kier alpha value is -5.49. The fourth-order valence-electron chi connectivity index (χ4n) is 5.25. The zero-order chi connectivity index (χ0) is 35.2. The van der Waals surface area contributed by atoms with Crippen LogP contribution in [0, 0.1) is 18.2 Å². The number of carbonyl (C=O) groups excluding carboxylic acids is 2. The highest BCUT2D eigenvalue weighted by Crippen LogP contribution is 2.27. The molecule has 0 bridgehead atoms. The van der Waals surface area contributed by atoms with Crippen molar-refractivity contribution in [1.82, 2.24) is 14.4 Å². The average Bonchev–Trinajstić information content (AvgIpc) is 3.40. The molecule has 0 aliphatic carbocycles. The van der Waals surface area contributed by atoms with E-state index in [1.54, 1.807) is 25.1 Å². The number of nitrogens with zero attached hydrogens (tertiary/aromatic N) is 2. The van der Waals surface area contributed by atoms with Crippen molar-refractivity contribution < 1.29 is 32.3 Å². The summed E-state index contributed by atoms with van der Waals surface area (Å²) in [5.41, 5.74) is 12.3. The Morgan fingerprint density at radius 3 is 2.12 bits per heavy atom. The molecule has 0 atom stereocenters. The van der Waals surface area contributed by atoms with Gasteiger partial charge in [0.2, 0.25) is 0 Å². The van der Waals surface area contributed by atoms with Crippen LogP contribution in [0.15, 0.2) is 97.1 Å². The van der Waals surface area contributed by atoms with Gasteiger partial charge in [-0.15, -0.1) is 0 Å². The lowest BCUT2D eigenvalue weighted by Gasteiger charge is -2.29. The van der Waals surface area contributed by atoms with E-state index in [0.717, 1.165) is 23.2 Å². The monoisotopic (exact) mass is 661 g/mol. The number of halogens is 4. The summed E-state index contributed by atoms with van der Waals surface area (Å²) in [7, 11) is 4.36. The van der Waals surface area contributed by atoms with Gasteiger partial charge in [0, 0.05) is 35.1 Å². The first-order valence-corrected chi connectivity index (χ1v) is 14.8. The third-order valence-electron chi connectivity index (χ3n) is 7.84. The van der Waals surface area contributed by atoms with Crippen LogP contribution >= 0.6 is 0 Å². The number of nitrogens with two attached hydrogens (primary N) is 1. The summed E-state index contributed by atoms with van der Waals surface area (Å²) in [6, 6.07) is 31.0. The fourth-order valence-corrected chi connectivity index (χ4v) is 5.25. The van der Waals surface area contributed by atoms with Crippen molar-refractivity contribution in [2.24, 2.45) is 5.73 Å². The highest BCUT2D eigenvalue weighted by molar-refractivity contribution is 6.00. The lowest BCUT2D eigenvalue weighted by atomic mass is 10.1. The fraction of sp³-hybridized carbons (Fsp3) is 0.194. The summed E-state index contributed by atoms with van der Waals surface area (Å²) in [5, 5.41) is 20.3. The molecule has 0 unspecified atom stereocenters. The maximum Gasteiger partial charge on any atom is 0.430 e. The van der Waals surface area contributed by atoms with Crippen molar-refractivity contribution in [2.75, 3.05) is 14.1 Å². The summed E-state index contributed by atoms with van der Waals surface area (Å²) in [6.45, 7) is 3.33. The number of aromatic nitrogens is 1. The van der Waals surface area contributed by atoms with Gasteiger partial charge in [0.15, 0.2) is 0 Å². The number of nitrogens with one attached hydrogen (secondary N) is 2. The predicted octanol–water partition coefficient (Wildman–Crippen LogP) is 5.42. The summed E-state index contributed by atoms with van der Waals surface area (Å²) < 4.78 is 48.6. The number of hydrogen-bond donors (Lipinski definition) is 3. The molecule has 0 fully saturated rings. The van der Waals surface area contributed by atoms with E-state index in [-0.39, 0.29) is 17.6 Å². The normalized spacial score (nSPS) is 11.5. The van der Waals surface area contributed by atoms with E-state index in [1.807, 2.05) is 41.0 Å². The van der Waals surface area contributed by atoms with Crippen molar-refractivity contribution in [3.05, 3.63) is 136 Å². The Balaban J connectivity index is 0.000000671. The molecular weight excluding hydrogens is 626 g/mol. The van der Waals surface area contributed by atoms with Gasteiger partial charge in [-0.1, -0.05) is 60.7 Å². The van der Waals surface area contributed by atoms with Crippen LogP contribution in [0.1, 0.15) is 38.3 Å². The molecule has 12 heteroatoms. The third-order valence-corrected chi connectivity index (χ3v) is 7.84. The van der Waals surface area contributed by atoms with Gasteiger partial charge in [0.1, 0.15) is 35.5 Å². The van der Waals surface area contributed by atoms with Crippen molar-refractivity contribution in [1.29, 1.82) is 5.41 Å². The summed E-state index contributed by atoms with van der Waals surface area (Å²) in [6.07, 6.45) is -5.19. The number of alkyl halides is 3. The lowest BCUT2D eigenvalue weighted by molar-refractivity contribution is -0.344. The quantitative estimate of drug-likeness (QED) is 0.0845. The molecule has 0 saturated carbocycles. The SMILES string of the molecule is Cc1c(F)ccc2c1cc(C(=O)NCc1ccc([N+](C)(C)Cc3ccccc3)cc1)n2Cc1cccc(C(=N)N)c1.O=C([O-])C(F)(F)F. The van der Waals surface area contributed by atoms with Crippen LogP contribution in [0.3, 0.4) is 0 Å². The van der Waals surface area contributed by atoms with E-state index >= 15 is 0 Å². The summed E-state index contributed by atoms with van der Waals surface area (Å²) >= 11 is 0. The minimum absolute atomic E-state index is 0.0200. The minimum Gasteiger partial charge on any atom is -0.542 e. The molecule has 0 radical (unpaired) electrons. The number of nitrogen functional groups attached to an aromatic ring is 1. The number of benzene rings is 4. The second-order valence-electron chi connectivity index (χ2n) is 11.8. The van der Waals surface area contributed by atoms with Crippen LogP contribution in [0.4, 0.5) is 23.2 Å². The molecule has 0 saturated heterocycles. The molecule has 0 aliphatic rings. The molecule has 4 aromatic carbocycles. The van der Waals surface area contributed by atoms with Gasteiger partial charge in [-0.25, -0.2) is 4.39 Å². The first-order valence-electron chi connectivity index (χ1n) is 14.8. The van der Waals surface area contributed by atoms with Gasteiger partial charge >= 0.3 is 6.18 Å². The molecule has 1 heterocycles. The van der Waals surface area contributed by atoms with Crippen LogP contribution in [-0.4, -0.2) is 42.6 Å². The van der Waals surface area contributed by atoms with Gasteiger partial charge in [-0.2, -0.15) is 13.2 Å². The topological polar surface area (TPSA) is 124 Å². The Kier molecular flexibility index (Phi) is 10.7. The summed E-state index contributed by atoms with van der Waals surface area (Å²) in [5.74, 6) is -3.58. The second-order valence-corrected chi connectivity index (χ2v) is 11.8. The number of quaternary nitrogens is 1. The molecule has 0 spiro atoms. The van der Waals surface area contributed by atoms with E-state index in [9.17, 15) is 22.4 Å². The number of carboxylic acid groups (broad SMARTS) is 1. The minimum atomic E-state index is -5.19.